The van der Waals surface area contributed by atoms with Crippen LogP contribution < -0.4 is 5.32 Å². The summed E-state index contributed by atoms with van der Waals surface area (Å²) in [6.45, 7) is 1.61. The summed E-state index contributed by atoms with van der Waals surface area (Å²) < 4.78 is 7.01. The topological polar surface area (TPSA) is 112 Å². The maximum Gasteiger partial charge on any atom is 0.315 e. The van der Waals surface area contributed by atoms with Crippen LogP contribution in [0.5, 0.6) is 0 Å². The number of aryl methyl sites for hydroxylation is 2. The zero-order valence-corrected chi connectivity index (χ0v) is 13.5. The predicted molar refractivity (Wildman–Crippen MR) is 88.7 cm³/mol. The van der Waals surface area contributed by atoms with Crippen LogP contribution in [-0.4, -0.2) is 35.6 Å². The number of aromatic nitrogens is 6. The number of hydrogen-bond acceptors (Lipinski definition) is 7. The number of fused-ring (bicyclic) bond motifs is 1. The molecular formula is C16H13N7O2. The van der Waals surface area contributed by atoms with Gasteiger partial charge in [-0.25, -0.2) is 15.0 Å². The smallest absolute Gasteiger partial charge is 0.315 e. The number of nitrogens with zero attached hydrogens (tertiary/aromatic N) is 6. The van der Waals surface area contributed by atoms with Crippen molar-refractivity contribution in [1.29, 1.82) is 0 Å². The number of nitrogens with one attached hydrogen (secondary N) is 1. The summed E-state index contributed by atoms with van der Waals surface area (Å²) >= 11 is 0. The van der Waals surface area contributed by atoms with Crippen LogP contribution >= 0.6 is 0 Å². The van der Waals surface area contributed by atoms with Gasteiger partial charge in [-0.15, -0.1) is 10.2 Å². The van der Waals surface area contributed by atoms with Gasteiger partial charge in [0.1, 0.15) is 0 Å². The lowest BCUT2D eigenvalue weighted by Crippen LogP contribution is -2.14. The Bertz CT molecular complexity index is 1080. The first-order valence-corrected chi connectivity index (χ1v) is 7.45. The Morgan fingerprint density at radius 2 is 2.12 bits per heavy atom. The second-order valence-corrected chi connectivity index (χ2v) is 5.44. The van der Waals surface area contributed by atoms with Crippen molar-refractivity contribution < 1.29 is 9.21 Å². The molecule has 0 unspecified atom stereocenters. The lowest BCUT2D eigenvalue weighted by Gasteiger charge is -2.06. The number of imidazole rings is 1. The first-order valence-electron chi connectivity index (χ1n) is 7.45. The average molecular weight is 335 g/mol. The van der Waals surface area contributed by atoms with E-state index in [4.69, 9.17) is 4.42 Å². The normalized spacial score (nSPS) is 11.0. The Morgan fingerprint density at radius 1 is 1.24 bits per heavy atom. The maximum absolute atomic E-state index is 12.1. The largest absolute Gasteiger partial charge is 0.417 e. The SMILES string of the molecule is Cc1nnc(C(=O)Nc2ncc3ccc(-c4cncn4C)cc3n2)o1. The van der Waals surface area contributed by atoms with E-state index in [9.17, 15) is 4.79 Å². The van der Waals surface area contributed by atoms with Gasteiger partial charge in [-0.3, -0.25) is 10.1 Å². The van der Waals surface area contributed by atoms with Crippen molar-refractivity contribution in [3.05, 3.63) is 48.7 Å². The third kappa shape index (κ3) is 2.82. The highest BCUT2D eigenvalue weighted by Gasteiger charge is 2.15. The van der Waals surface area contributed by atoms with E-state index in [1.54, 1.807) is 25.6 Å². The van der Waals surface area contributed by atoms with E-state index in [1.165, 1.54) is 0 Å². The summed E-state index contributed by atoms with van der Waals surface area (Å²) in [5, 5.41) is 10.7. The van der Waals surface area contributed by atoms with Crippen LogP contribution in [0.25, 0.3) is 22.2 Å². The van der Waals surface area contributed by atoms with Crippen LogP contribution in [0.4, 0.5) is 5.95 Å². The monoisotopic (exact) mass is 335 g/mol. The zero-order valence-electron chi connectivity index (χ0n) is 13.5. The molecule has 0 aliphatic heterocycles. The third-order valence-corrected chi connectivity index (χ3v) is 3.64. The third-order valence-electron chi connectivity index (χ3n) is 3.64. The molecule has 0 aliphatic rings. The molecule has 0 saturated carbocycles. The zero-order chi connectivity index (χ0) is 17.4. The molecule has 3 aromatic heterocycles. The first kappa shape index (κ1) is 14.9. The lowest BCUT2D eigenvalue weighted by atomic mass is 10.1. The Morgan fingerprint density at radius 3 is 2.84 bits per heavy atom. The molecule has 0 saturated heterocycles. The number of rotatable bonds is 3. The summed E-state index contributed by atoms with van der Waals surface area (Å²) in [6.07, 6.45) is 5.16. The van der Waals surface area contributed by atoms with Crippen molar-refractivity contribution in [3.63, 3.8) is 0 Å². The number of carbonyl (C=O) groups excluding carboxylic acids is 1. The van der Waals surface area contributed by atoms with Crippen molar-refractivity contribution in [1.82, 2.24) is 29.7 Å². The van der Waals surface area contributed by atoms with E-state index < -0.39 is 5.91 Å². The number of carbonyl (C=O) groups is 1. The summed E-state index contributed by atoms with van der Waals surface area (Å²) in [5.41, 5.74) is 2.63. The predicted octanol–water partition coefficient (Wildman–Crippen LogP) is 1.97. The van der Waals surface area contributed by atoms with E-state index >= 15 is 0 Å². The molecule has 9 heteroatoms. The van der Waals surface area contributed by atoms with E-state index in [0.717, 1.165) is 16.6 Å². The fourth-order valence-electron chi connectivity index (χ4n) is 2.42. The fraction of sp³-hybridized carbons (Fsp3) is 0.125. The molecule has 9 nitrogen and oxygen atoms in total. The molecule has 0 atom stereocenters. The van der Waals surface area contributed by atoms with E-state index in [1.807, 2.05) is 29.8 Å². The van der Waals surface area contributed by atoms with Gasteiger partial charge in [0.15, 0.2) is 0 Å². The quantitative estimate of drug-likeness (QED) is 0.609. The molecule has 1 aromatic carbocycles. The second kappa shape index (κ2) is 5.78. The molecule has 1 N–H and O–H groups in total. The Hall–Kier alpha value is -3.62. The van der Waals surface area contributed by atoms with Gasteiger partial charge in [0.05, 0.1) is 23.7 Å². The molecule has 0 bridgehead atoms. The van der Waals surface area contributed by atoms with Gasteiger partial charge in [0, 0.05) is 31.1 Å². The molecule has 1 amide bonds. The number of amides is 1. The van der Waals surface area contributed by atoms with Gasteiger partial charge in [-0.2, -0.15) is 0 Å². The number of benzene rings is 1. The van der Waals surface area contributed by atoms with Crippen LogP contribution in [0.15, 0.2) is 41.3 Å². The molecule has 124 valence electrons. The Kier molecular flexibility index (Phi) is 3.46. The minimum Gasteiger partial charge on any atom is -0.417 e. The van der Waals surface area contributed by atoms with Crippen LogP contribution in [0, 0.1) is 6.92 Å². The van der Waals surface area contributed by atoms with Crippen molar-refractivity contribution in [2.24, 2.45) is 7.05 Å². The fourth-order valence-corrected chi connectivity index (χ4v) is 2.42. The van der Waals surface area contributed by atoms with Crippen molar-refractivity contribution in [2.45, 2.75) is 6.92 Å². The number of anilines is 1. The second-order valence-electron chi connectivity index (χ2n) is 5.44. The molecule has 0 fully saturated rings. The van der Waals surface area contributed by atoms with E-state index in [0.29, 0.717) is 11.4 Å². The average Bonchev–Trinajstić information content (AvgIpc) is 3.22. The van der Waals surface area contributed by atoms with Crippen molar-refractivity contribution in [3.8, 4) is 11.3 Å². The standard InChI is InChI=1S/C16H13N7O2/c1-9-21-22-15(25-9)14(24)20-16-18-6-11-4-3-10(5-12(11)19-16)13-7-17-8-23(13)2/h3-8H,1-2H3,(H,18,19,20,24). The molecule has 0 spiro atoms. The van der Waals surface area contributed by atoms with Gasteiger partial charge in [-0.1, -0.05) is 12.1 Å². The summed E-state index contributed by atoms with van der Waals surface area (Å²) in [4.78, 5) is 24.7. The van der Waals surface area contributed by atoms with Crippen LogP contribution in [0.1, 0.15) is 16.6 Å². The summed E-state index contributed by atoms with van der Waals surface area (Å²) in [6, 6.07) is 5.81. The van der Waals surface area contributed by atoms with Crippen molar-refractivity contribution >= 4 is 22.8 Å². The van der Waals surface area contributed by atoms with E-state index in [-0.39, 0.29) is 11.8 Å². The van der Waals surface area contributed by atoms with Crippen molar-refractivity contribution in [2.75, 3.05) is 5.32 Å². The minimum atomic E-state index is -0.553. The Labute approximate surface area is 141 Å². The molecule has 3 heterocycles. The highest BCUT2D eigenvalue weighted by molar-refractivity contribution is 6.00. The van der Waals surface area contributed by atoms with Crippen LogP contribution in [-0.2, 0) is 7.05 Å². The van der Waals surface area contributed by atoms with Gasteiger partial charge in [-0.05, 0) is 6.07 Å². The molecule has 0 radical (unpaired) electrons. The molecule has 25 heavy (non-hydrogen) atoms. The summed E-state index contributed by atoms with van der Waals surface area (Å²) in [7, 11) is 1.92. The highest BCUT2D eigenvalue weighted by atomic mass is 16.4. The summed E-state index contributed by atoms with van der Waals surface area (Å²) in [5.74, 6) is -0.214. The van der Waals surface area contributed by atoms with Gasteiger partial charge in [0.25, 0.3) is 0 Å². The molecular weight excluding hydrogens is 322 g/mol. The van der Waals surface area contributed by atoms with Crippen LogP contribution in [0.2, 0.25) is 0 Å². The van der Waals surface area contributed by atoms with Gasteiger partial charge in [0.2, 0.25) is 11.8 Å². The van der Waals surface area contributed by atoms with Gasteiger partial charge >= 0.3 is 11.8 Å². The highest BCUT2D eigenvalue weighted by Crippen LogP contribution is 2.23. The maximum atomic E-state index is 12.1. The molecule has 0 aliphatic carbocycles. The van der Waals surface area contributed by atoms with E-state index in [2.05, 4.69) is 30.5 Å². The van der Waals surface area contributed by atoms with Gasteiger partial charge < -0.3 is 8.98 Å². The number of hydrogen-bond donors (Lipinski definition) is 1. The lowest BCUT2D eigenvalue weighted by molar-refractivity contribution is 0.0988. The minimum absolute atomic E-state index is 0.134. The molecule has 4 rings (SSSR count). The van der Waals surface area contributed by atoms with Crippen LogP contribution in [0.3, 0.4) is 0 Å². The first-order chi connectivity index (χ1) is 12.1. The molecule has 4 aromatic rings. The Balaban J connectivity index is 1.67.